The van der Waals surface area contributed by atoms with E-state index in [0.29, 0.717) is 5.56 Å². The van der Waals surface area contributed by atoms with Crippen molar-refractivity contribution in [2.45, 2.75) is 0 Å². The second-order valence-electron chi connectivity index (χ2n) is 3.10. The summed E-state index contributed by atoms with van der Waals surface area (Å²) in [6, 6.07) is 5.91. The molecule has 0 aliphatic heterocycles. The van der Waals surface area contributed by atoms with Crippen molar-refractivity contribution in [1.29, 1.82) is 0 Å². The molecule has 0 bridgehead atoms. The first-order valence-corrected chi connectivity index (χ1v) is 4.33. The van der Waals surface area contributed by atoms with Gasteiger partial charge in [0.15, 0.2) is 11.6 Å². The van der Waals surface area contributed by atoms with E-state index in [4.69, 9.17) is 5.73 Å². The monoisotopic (exact) mass is 206 g/mol. The maximum atomic E-state index is 13.1. The Bertz CT molecular complexity index is 460. The van der Waals surface area contributed by atoms with E-state index in [-0.39, 0.29) is 5.69 Å². The molecule has 15 heavy (non-hydrogen) atoms. The molecule has 0 radical (unpaired) electrons. The number of hydrogen-bond acceptors (Lipinski definition) is 2. The van der Waals surface area contributed by atoms with Crippen LogP contribution in [0.15, 0.2) is 36.7 Å². The van der Waals surface area contributed by atoms with Crippen LogP contribution < -0.4 is 5.73 Å². The first-order valence-electron chi connectivity index (χ1n) is 4.33. The molecule has 0 fully saturated rings. The van der Waals surface area contributed by atoms with Crippen molar-refractivity contribution in [2.24, 2.45) is 0 Å². The molecule has 76 valence electrons. The highest BCUT2D eigenvalue weighted by Gasteiger charge is 2.08. The summed E-state index contributed by atoms with van der Waals surface area (Å²) in [5, 5.41) is 0. The molecule has 1 heterocycles. The van der Waals surface area contributed by atoms with Crippen LogP contribution in [0.2, 0.25) is 0 Å². The lowest BCUT2D eigenvalue weighted by molar-refractivity contribution is 0.512. The summed E-state index contributed by atoms with van der Waals surface area (Å²) in [4.78, 5) is 3.83. The highest BCUT2D eigenvalue weighted by molar-refractivity contribution is 5.67. The molecule has 2 aromatic rings. The number of nitrogens with two attached hydrogens (primary N) is 1. The summed E-state index contributed by atoms with van der Waals surface area (Å²) in [7, 11) is 0. The minimum absolute atomic E-state index is 0.193. The maximum Gasteiger partial charge on any atom is 0.181 e. The lowest BCUT2D eigenvalue weighted by Crippen LogP contribution is -1.95. The molecule has 0 spiro atoms. The molecule has 2 nitrogen and oxygen atoms in total. The summed E-state index contributed by atoms with van der Waals surface area (Å²) in [6.07, 6.45) is 3.15. The molecule has 4 heteroatoms. The molecule has 2 rings (SSSR count). The number of halogens is 2. The van der Waals surface area contributed by atoms with Crippen LogP contribution in [0, 0.1) is 11.6 Å². The number of benzene rings is 1. The summed E-state index contributed by atoms with van der Waals surface area (Å²) >= 11 is 0. The Balaban J connectivity index is 2.56. The number of hydrogen-bond donors (Lipinski definition) is 1. The molecule has 0 aliphatic carbocycles. The average Bonchev–Trinajstić information content (AvgIpc) is 2.26. The Hall–Kier alpha value is -1.97. The molecule has 0 saturated heterocycles. The SMILES string of the molecule is Nc1cc(-c2ccncc2)cc(F)c1F. The van der Waals surface area contributed by atoms with Gasteiger partial charge in [-0.2, -0.15) is 0 Å². The normalized spacial score (nSPS) is 10.3. The fourth-order valence-corrected chi connectivity index (χ4v) is 1.32. The van der Waals surface area contributed by atoms with E-state index in [9.17, 15) is 8.78 Å². The third-order valence-corrected chi connectivity index (χ3v) is 2.07. The quantitative estimate of drug-likeness (QED) is 0.728. The highest BCUT2D eigenvalue weighted by atomic mass is 19.2. The average molecular weight is 206 g/mol. The van der Waals surface area contributed by atoms with Crippen LogP contribution >= 0.6 is 0 Å². The zero-order valence-electron chi connectivity index (χ0n) is 7.74. The van der Waals surface area contributed by atoms with Crippen LogP contribution in [0.25, 0.3) is 11.1 Å². The van der Waals surface area contributed by atoms with Gasteiger partial charge in [-0.05, 0) is 35.4 Å². The molecular weight excluding hydrogens is 198 g/mol. The lowest BCUT2D eigenvalue weighted by Gasteiger charge is -2.04. The molecule has 0 saturated carbocycles. The molecule has 0 unspecified atom stereocenters. The Morgan fingerprint density at radius 2 is 1.67 bits per heavy atom. The van der Waals surface area contributed by atoms with E-state index in [0.717, 1.165) is 11.6 Å². The van der Waals surface area contributed by atoms with Gasteiger partial charge >= 0.3 is 0 Å². The molecule has 0 aliphatic rings. The predicted molar refractivity (Wildman–Crippen MR) is 54.0 cm³/mol. The fourth-order valence-electron chi connectivity index (χ4n) is 1.32. The minimum atomic E-state index is -1.01. The first-order chi connectivity index (χ1) is 7.18. The Labute approximate surface area is 85.4 Å². The van der Waals surface area contributed by atoms with E-state index in [1.54, 1.807) is 24.5 Å². The molecule has 0 amide bonds. The standard InChI is InChI=1S/C11H8F2N2/c12-9-5-8(6-10(14)11(9)13)7-1-3-15-4-2-7/h1-6H,14H2. The van der Waals surface area contributed by atoms with Gasteiger partial charge in [0.05, 0.1) is 5.69 Å². The van der Waals surface area contributed by atoms with E-state index in [1.807, 2.05) is 0 Å². The van der Waals surface area contributed by atoms with Gasteiger partial charge in [0.25, 0.3) is 0 Å². The summed E-state index contributed by atoms with van der Waals surface area (Å²) < 4.78 is 26.0. The lowest BCUT2D eigenvalue weighted by atomic mass is 10.1. The molecular formula is C11H8F2N2. The number of rotatable bonds is 1. The van der Waals surface area contributed by atoms with Crippen LogP contribution in [-0.4, -0.2) is 4.98 Å². The number of nitrogen functional groups attached to an aromatic ring is 1. The largest absolute Gasteiger partial charge is 0.396 e. The Morgan fingerprint density at radius 1 is 1.00 bits per heavy atom. The third kappa shape index (κ3) is 1.79. The first kappa shape index (κ1) is 9.58. The molecule has 0 atom stereocenters. The van der Waals surface area contributed by atoms with Gasteiger partial charge in [0.2, 0.25) is 0 Å². The summed E-state index contributed by atoms with van der Waals surface area (Å²) in [5.41, 5.74) is 6.42. The van der Waals surface area contributed by atoms with Crippen molar-refractivity contribution in [3.05, 3.63) is 48.3 Å². The zero-order chi connectivity index (χ0) is 10.8. The second-order valence-corrected chi connectivity index (χ2v) is 3.10. The molecule has 1 aromatic heterocycles. The molecule has 1 aromatic carbocycles. The van der Waals surface area contributed by atoms with Gasteiger partial charge < -0.3 is 5.73 Å². The zero-order valence-corrected chi connectivity index (χ0v) is 7.74. The van der Waals surface area contributed by atoms with Crippen molar-refractivity contribution in [3.63, 3.8) is 0 Å². The van der Waals surface area contributed by atoms with E-state index in [2.05, 4.69) is 4.98 Å². The van der Waals surface area contributed by atoms with Crippen molar-refractivity contribution in [3.8, 4) is 11.1 Å². The van der Waals surface area contributed by atoms with Crippen molar-refractivity contribution >= 4 is 5.69 Å². The van der Waals surface area contributed by atoms with Crippen LogP contribution in [0.5, 0.6) is 0 Å². The van der Waals surface area contributed by atoms with Gasteiger partial charge in [-0.25, -0.2) is 8.78 Å². The molecule has 2 N–H and O–H groups in total. The van der Waals surface area contributed by atoms with Gasteiger partial charge in [-0.1, -0.05) is 0 Å². The van der Waals surface area contributed by atoms with Crippen molar-refractivity contribution < 1.29 is 8.78 Å². The van der Waals surface area contributed by atoms with E-state index >= 15 is 0 Å². The van der Waals surface area contributed by atoms with Gasteiger partial charge in [-0.3, -0.25) is 4.98 Å². The van der Waals surface area contributed by atoms with Crippen molar-refractivity contribution in [2.75, 3.05) is 5.73 Å². The Morgan fingerprint density at radius 3 is 2.27 bits per heavy atom. The number of pyridine rings is 1. The van der Waals surface area contributed by atoms with E-state index in [1.165, 1.54) is 6.07 Å². The maximum absolute atomic E-state index is 13.1. The summed E-state index contributed by atoms with van der Waals surface area (Å²) in [5.74, 6) is -1.95. The highest BCUT2D eigenvalue weighted by Crippen LogP contribution is 2.24. The number of nitrogens with zero attached hydrogens (tertiary/aromatic N) is 1. The third-order valence-electron chi connectivity index (χ3n) is 2.07. The number of aromatic nitrogens is 1. The number of anilines is 1. The second kappa shape index (κ2) is 3.65. The van der Waals surface area contributed by atoms with Crippen LogP contribution in [0.1, 0.15) is 0 Å². The minimum Gasteiger partial charge on any atom is -0.396 e. The van der Waals surface area contributed by atoms with Crippen LogP contribution in [-0.2, 0) is 0 Å². The predicted octanol–water partition coefficient (Wildman–Crippen LogP) is 2.61. The smallest absolute Gasteiger partial charge is 0.181 e. The fraction of sp³-hybridized carbons (Fsp3) is 0. The Kier molecular flexibility index (Phi) is 2.33. The topological polar surface area (TPSA) is 38.9 Å². The van der Waals surface area contributed by atoms with Gasteiger partial charge in [0, 0.05) is 12.4 Å². The van der Waals surface area contributed by atoms with Crippen LogP contribution in [0.4, 0.5) is 14.5 Å². The van der Waals surface area contributed by atoms with Crippen molar-refractivity contribution in [1.82, 2.24) is 4.98 Å². The van der Waals surface area contributed by atoms with Gasteiger partial charge in [-0.15, -0.1) is 0 Å². The van der Waals surface area contributed by atoms with E-state index < -0.39 is 11.6 Å². The summed E-state index contributed by atoms with van der Waals surface area (Å²) in [6.45, 7) is 0. The van der Waals surface area contributed by atoms with Crippen LogP contribution in [0.3, 0.4) is 0 Å². The van der Waals surface area contributed by atoms with Gasteiger partial charge in [0.1, 0.15) is 0 Å².